The fourth-order valence-electron chi connectivity index (χ4n) is 6.85. The monoisotopic (exact) mass is 621 g/mol. The Morgan fingerprint density at radius 3 is 1.93 bits per heavy atom. The summed E-state index contributed by atoms with van der Waals surface area (Å²) >= 11 is 0. The molecular weight excluding hydrogens is 583 g/mol. The number of sulfone groups is 1. The first kappa shape index (κ1) is 29.8. The zero-order valence-electron chi connectivity index (χ0n) is 25.2. The van der Waals surface area contributed by atoms with E-state index in [1.165, 1.54) is 15.4 Å². The minimum Gasteiger partial charge on any atom is -0.410 e. The molecule has 0 spiro atoms. The molecule has 0 aromatic heterocycles. The van der Waals surface area contributed by atoms with Crippen molar-refractivity contribution in [2.75, 3.05) is 31.1 Å². The summed E-state index contributed by atoms with van der Waals surface area (Å²) in [7, 11) is -7.38. The van der Waals surface area contributed by atoms with E-state index in [2.05, 4.69) is 55.9 Å². The number of piperazine rings is 1. The van der Waals surface area contributed by atoms with E-state index >= 15 is 0 Å². The van der Waals surface area contributed by atoms with E-state index in [1.54, 1.807) is 36.4 Å². The maximum Gasteiger partial charge on any atom is 0.243 e. The quantitative estimate of drug-likeness (QED) is 0.224. The predicted octanol–water partition coefficient (Wildman–Crippen LogP) is 5.76. The lowest BCUT2D eigenvalue weighted by atomic mass is 9.77. The molecule has 2 aliphatic carbocycles. The molecule has 2 fully saturated rings. The third-order valence-electron chi connectivity index (χ3n) is 9.51. The number of hydrogen-bond donors (Lipinski definition) is 1. The number of nitrogens with zero attached hydrogens (tertiary/aromatic N) is 3. The van der Waals surface area contributed by atoms with E-state index in [9.17, 15) is 22.0 Å². The summed E-state index contributed by atoms with van der Waals surface area (Å²) in [4.78, 5) is 2.55. The molecule has 1 saturated carbocycles. The SMILES string of the molecule is Cc1ccc(N2CCN(S(=O)(=O)c3ccc4c(c3)/C(=N/O)c3cc(S(=O)(=O)C5CCC(C)(C)CC5)ccc3-4)CC2)c(C)c1. The lowest BCUT2D eigenvalue weighted by molar-refractivity contribution is 0.246. The predicted molar refractivity (Wildman–Crippen MR) is 169 cm³/mol. The molecule has 3 aromatic carbocycles. The van der Waals surface area contributed by atoms with Gasteiger partial charge in [-0.05, 0) is 92.0 Å². The van der Waals surface area contributed by atoms with Gasteiger partial charge in [0.05, 0.1) is 15.0 Å². The standard InChI is InChI=1S/C33H39N3O5S2/c1-22-5-10-31(23(2)19-22)35-15-17-36(18-16-35)43(40,41)26-7-9-28-27-8-6-25(20-29(27)32(34-37)30(28)21-26)42(38,39)24-11-13-33(3,4)14-12-24/h5-10,19-21,24,37H,11-18H2,1-4H3/b34-32+. The molecule has 3 aromatic rings. The molecule has 8 nitrogen and oxygen atoms in total. The highest BCUT2D eigenvalue weighted by atomic mass is 32.2. The number of aryl methyl sites for hydroxylation is 2. The fourth-order valence-corrected chi connectivity index (χ4v) is 10.1. The van der Waals surface area contributed by atoms with E-state index in [0.717, 1.165) is 24.1 Å². The highest BCUT2D eigenvalue weighted by Gasteiger charge is 2.37. The van der Waals surface area contributed by atoms with Crippen LogP contribution in [0.3, 0.4) is 0 Å². The van der Waals surface area contributed by atoms with Gasteiger partial charge in [0.15, 0.2) is 9.84 Å². The van der Waals surface area contributed by atoms with Gasteiger partial charge in [0, 0.05) is 43.0 Å². The second-order valence-corrected chi connectivity index (χ2v) is 17.1. The number of anilines is 1. The van der Waals surface area contributed by atoms with Crippen LogP contribution in [0.25, 0.3) is 11.1 Å². The molecule has 6 rings (SSSR count). The van der Waals surface area contributed by atoms with Crippen LogP contribution < -0.4 is 4.90 Å². The summed E-state index contributed by atoms with van der Waals surface area (Å²) in [5.41, 5.74) is 6.21. The lowest BCUT2D eigenvalue weighted by Gasteiger charge is -2.36. The maximum absolute atomic E-state index is 13.7. The molecule has 1 N–H and O–H groups in total. The molecule has 0 radical (unpaired) electrons. The van der Waals surface area contributed by atoms with Crippen molar-refractivity contribution >= 4 is 31.3 Å². The first-order valence-electron chi connectivity index (χ1n) is 14.9. The minimum absolute atomic E-state index is 0.123. The normalized spacial score (nSPS) is 20.3. The molecule has 0 amide bonds. The summed E-state index contributed by atoms with van der Waals surface area (Å²) in [6, 6.07) is 16.1. The van der Waals surface area contributed by atoms with Crippen molar-refractivity contribution in [2.24, 2.45) is 10.6 Å². The highest BCUT2D eigenvalue weighted by Crippen LogP contribution is 2.42. The lowest BCUT2D eigenvalue weighted by Crippen LogP contribution is -2.48. The van der Waals surface area contributed by atoms with E-state index in [1.807, 2.05) is 0 Å². The number of sulfonamides is 1. The van der Waals surface area contributed by atoms with Gasteiger partial charge in [-0.3, -0.25) is 0 Å². The summed E-state index contributed by atoms with van der Waals surface area (Å²) in [5, 5.41) is 13.1. The molecule has 10 heteroatoms. The Kier molecular flexibility index (Phi) is 7.46. The summed E-state index contributed by atoms with van der Waals surface area (Å²) in [5.74, 6) is 0. The first-order chi connectivity index (χ1) is 20.3. The molecular formula is C33H39N3O5S2. The molecule has 228 valence electrons. The van der Waals surface area contributed by atoms with Crippen molar-refractivity contribution in [3.05, 3.63) is 76.9 Å². The van der Waals surface area contributed by atoms with Crippen LogP contribution >= 0.6 is 0 Å². The molecule has 1 saturated heterocycles. The maximum atomic E-state index is 13.7. The molecule has 1 heterocycles. The van der Waals surface area contributed by atoms with Crippen LogP contribution in [-0.4, -0.2) is 63.5 Å². The van der Waals surface area contributed by atoms with E-state index in [-0.39, 0.29) is 20.9 Å². The number of oxime groups is 1. The first-order valence-corrected chi connectivity index (χ1v) is 17.9. The van der Waals surface area contributed by atoms with Crippen molar-refractivity contribution < 1.29 is 22.0 Å². The van der Waals surface area contributed by atoms with Crippen LogP contribution in [0.2, 0.25) is 0 Å². The zero-order chi connectivity index (χ0) is 30.7. The molecule has 0 bridgehead atoms. The number of fused-ring (bicyclic) bond motifs is 3. The minimum atomic E-state index is -3.81. The number of hydrogen-bond acceptors (Lipinski definition) is 7. The molecule has 0 unspecified atom stereocenters. The Morgan fingerprint density at radius 1 is 0.767 bits per heavy atom. The highest BCUT2D eigenvalue weighted by molar-refractivity contribution is 7.92. The third kappa shape index (κ3) is 5.27. The van der Waals surface area contributed by atoms with E-state index < -0.39 is 25.1 Å². The van der Waals surface area contributed by atoms with Crippen molar-refractivity contribution in [3.8, 4) is 11.1 Å². The number of rotatable bonds is 5. The second-order valence-electron chi connectivity index (χ2n) is 13.0. The van der Waals surface area contributed by atoms with Crippen LogP contribution in [0, 0.1) is 19.3 Å². The van der Waals surface area contributed by atoms with Crippen molar-refractivity contribution in [2.45, 2.75) is 68.4 Å². The summed E-state index contributed by atoms with van der Waals surface area (Å²) in [6.07, 6.45) is 2.95. The van der Waals surface area contributed by atoms with E-state index in [0.29, 0.717) is 55.7 Å². The van der Waals surface area contributed by atoms with Crippen LogP contribution in [0.15, 0.2) is 69.5 Å². The van der Waals surface area contributed by atoms with Gasteiger partial charge in [0.2, 0.25) is 10.0 Å². The van der Waals surface area contributed by atoms with Gasteiger partial charge >= 0.3 is 0 Å². The number of benzene rings is 3. The molecule has 3 aliphatic rings. The molecule has 43 heavy (non-hydrogen) atoms. The van der Waals surface area contributed by atoms with Gasteiger partial charge in [0.1, 0.15) is 5.71 Å². The van der Waals surface area contributed by atoms with Gasteiger partial charge in [-0.15, -0.1) is 0 Å². The van der Waals surface area contributed by atoms with Gasteiger partial charge in [0.25, 0.3) is 0 Å². The van der Waals surface area contributed by atoms with Gasteiger partial charge in [-0.25, -0.2) is 16.8 Å². The Labute approximate surface area is 255 Å². The zero-order valence-corrected chi connectivity index (χ0v) is 26.8. The van der Waals surface area contributed by atoms with Crippen LogP contribution in [0.1, 0.15) is 61.8 Å². The summed E-state index contributed by atoms with van der Waals surface area (Å²) in [6.45, 7) is 10.4. The molecule has 1 aliphatic heterocycles. The Balaban J connectivity index is 1.24. The largest absolute Gasteiger partial charge is 0.410 e. The summed E-state index contributed by atoms with van der Waals surface area (Å²) < 4.78 is 56.2. The smallest absolute Gasteiger partial charge is 0.243 e. The fraction of sp³-hybridized carbons (Fsp3) is 0.424. The van der Waals surface area contributed by atoms with Crippen molar-refractivity contribution in [3.63, 3.8) is 0 Å². The van der Waals surface area contributed by atoms with Crippen molar-refractivity contribution in [1.82, 2.24) is 4.31 Å². The third-order valence-corrected chi connectivity index (χ3v) is 13.7. The van der Waals surface area contributed by atoms with E-state index in [4.69, 9.17) is 0 Å². The van der Waals surface area contributed by atoms with Gasteiger partial charge in [-0.1, -0.05) is 48.8 Å². The van der Waals surface area contributed by atoms with Crippen LogP contribution in [0.4, 0.5) is 5.69 Å². The Morgan fingerprint density at radius 2 is 1.35 bits per heavy atom. The van der Waals surface area contributed by atoms with Gasteiger partial charge < -0.3 is 10.1 Å². The Bertz CT molecular complexity index is 1830. The van der Waals surface area contributed by atoms with Crippen LogP contribution in [-0.2, 0) is 19.9 Å². The average molecular weight is 622 g/mol. The average Bonchev–Trinajstić information content (AvgIpc) is 3.29. The van der Waals surface area contributed by atoms with Crippen LogP contribution in [0.5, 0.6) is 0 Å². The van der Waals surface area contributed by atoms with Gasteiger partial charge in [-0.2, -0.15) is 4.31 Å². The van der Waals surface area contributed by atoms with Crippen molar-refractivity contribution in [1.29, 1.82) is 0 Å². The molecule has 0 atom stereocenters. The topological polar surface area (TPSA) is 107 Å². The Hall–Kier alpha value is -3.21. The second kappa shape index (κ2) is 10.7.